The second-order valence-corrected chi connectivity index (χ2v) is 8.60. The zero-order valence-corrected chi connectivity index (χ0v) is 16.9. The van der Waals surface area contributed by atoms with Crippen molar-refractivity contribution in [3.05, 3.63) is 59.5 Å². The number of aliphatic hydroxyl groups is 1. The van der Waals surface area contributed by atoms with Gasteiger partial charge < -0.3 is 14.6 Å². The topological polar surface area (TPSA) is 71.2 Å². The largest absolute Gasteiger partial charge is 0.396 e. The van der Waals surface area contributed by atoms with Gasteiger partial charge in [0.05, 0.1) is 12.2 Å². The minimum Gasteiger partial charge on any atom is -0.396 e. The summed E-state index contributed by atoms with van der Waals surface area (Å²) in [7, 11) is 1.92. The van der Waals surface area contributed by atoms with Gasteiger partial charge in [-0.05, 0) is 44.2 Å². The number of aryl methyl sites for hydroxylation is 2. The number of aliphatic hydroxyl groups excluding tert-OH is 1. The van der Waals surface area contributed by atoms with Crippen LogP contribution in [0.4, 0.5) is 0 Å². The molecule has 3 aromatic rings. The van der Waals surface area contributed by atoms with E-state index in [2.05, 4.69) is 22.1 Å². The van der Waals surface area contributed by atoms with Crippen LogP contribution in [0, 0.1) is 12.3 Å². The van der Waals surface area contributed by atoms with Crippen LogP contribution in [0.15, 0.2) is 42.6 Å². The number of benzene rings is 1. The Morgan fingerprint density at radius 2 is 2.03 bits per heavy atom. The van der Waals surface area contributed by atoms with Crippen molar-refractivity contribution >= 4 is 17.1 Å². The molecule has 2 saturated heterocycles. The standard InChI is InChI=1S/C23H26N4O2/c1-15-25-20-18(10-11-24-21(20)26(15)2)22(29)27-17-8-9-19(27)23(13-17,14-28)12-16-6-4-3-5-7-16/h3-7,10-11,17,19,28H,8-9,12-14H2,1-2H3/t17-,19+,23-/m1/s1. The lowest BCUT2D eigenvalue weighted by Gasteiger charge is -2.36. The highest BCUT2D eigenvalue weighted by atomic mass is 16.3. The van der Waals surface area contributed by atoms with Gasteiger partial charge in [-0.3, -0.25) is 4.79 Å². The lowest BCUT2D eigenvalue weighted by atomic mass is 9.70. The highest BCUT2D eigenvalue weighted by molar-refractivity contribution is 6.04. The fourth-order valence-electron chi connectivity index (χ4n) is 5.52. The molecule has 2 aliphatic heterocycles. The fourth-order valence-corrected chi connectivity index (χ4v) is 5.52. The average Bonchev–Trinajstić information content (AvgIpc) is 3.38. The van der Waals surface area contributed by atoms with Gasteiger partial charge in [-0.25, -0.2) is 9.97 Å². The van der Waals surface area contributed by atoms with Crippen LogP contribution in [0.2, 0.25) is 0 Å². The third kappa shape index (κ3) is 2.69. The van der Waals surface area contributed by atoms with E-state index in [0.717, 1.165) is 37.2 Å². The molecule has 5 rings (SSSR count). The predicted octanol–water partition coefficient (Wildman–Crippen LogP) is 2.88. The minimum atomic E-state index is -0.272. The van der Waals surface area contributed by atoms with E-state index < -0.39 is 0 Å². The predicted molar refractivity (Wildman–Crippen MR) is 111 cm³/mol. The molecule has 2 fully saturated rings. The maximum atomic E-state index is 13.7. The molecule has 0 radical (unpaired) electrons. The van der Waals surface area contributed by atoms with Gasteiger partial charge in [0.25, 0.3) is 5.91 Å². The third-order valence-corrected chi connectivity index (χ3v) is 7.01. The SMILES string of the molecule is Cc1nc2c(C(=O)N3[C@@H]4CC[C@H]3[C@](CO)(Cc3ccccc3)C4)ccnc2n1C. The van der Waals surface area contributed by atoms with Gasteiger partial charge in [-0.1, -0.05) is 30.3 Å². The van der Waals surface area contributed by atoms with E-state index in [1.165, 1.54) is 5.56 Å². The second-order valence-electron chi connectivity index (χ2n) is 8.60. The highest BCUT2D eigenvalue weighted by Crippen LogP contribution is 2.51. The van der Waals surface area contributed by atoms with Crippen LogP contribution in [0.25, 0.3) is 11.2 Å². The van der Waals surface area contributed by atoms with E-state index >= 15 is 0 Å². The molecule has 29 heavy (non-hydrogen) atoms. The van der Waals surface area contributed by atoms with Crippen molar-refractivity contribution in [3.8, 4) is 0 Å². The van der Waals surface area contributed by atoms with Crippen molar-refractivity contribution < 1.29 is 9.90 Å². The average molecular weight is 390 g/mol. The van der Waals surface area contributed by atoms with Gasteiger partial charge in [0.1, 0.15) is 11.3 Å². The zero-order valence-electron chi connectivity index (χ0n) is 16.9. The van der Waals surface area contributed by atoms with E-state index in [0.29, 0.717) is 11.1 Å². The lowest BCUT2D eigenvalue weighted by Crippen LogP contribution is -2.44. The molecule has 1 N–H and O–H groups in total. The van der Waals surface area contributed by atoms with Gasteiger partial charge in [0.2, 0.25) is 0 Å². The molecule has 1 aromatic carbocycles. The fraction of sp³-hybridized carbons (Fsp3) is 0.435. The molecule has 2 aliphatic rings. The summed E-state index contributed by atoms with van der Waals surface area (Å²) in [6.45, 7) is 2.02. The lowest BCUT2D eigenvalue weighted by molar-refractivity contribution is 0.0572. The minimum absolute atomic E-state index is 0.0198. The molecular formula is C23H26N4O2. The molecular weight excluding hydrogens is 364 g/mol. The second kappa shape index (κ2) is 6.66. The summed E-state index contributed by atoms with van der Waals surface area (Å²) in [5.41, 5.74) is 2.96. The van der Waals surface area contributed by atoms with Crippen LogP contribution < -0.4 is 0 Å². The number of aromatic nitrogens is 3. The molecule has 0 unspecified atom stereocenters. The van der Waals surface area contributed by atoms with Crippen LogP contribution >= 0.6 is 0 Å². The van der Waals surface area contributed by atoms with Crippen molar-refractivity contribution in [2.45, 2.75) is 44.7 Å². The van der Waals surface area contributed by atoms with Crippen LogP contribution in [-0.2, 0) is 13.5 Å². The molecule has 0 aliphatic carbocycles. The quantitative estimate of drug-likeness (QED) is 0.744. The number of amides is 1. The van der Waals surface area contributed by atoms with Crippen LogP contribution in [0.5, 0.6) is 0 Å². The normalized spacial score (nSPS) is 25.8. The highest BCUT2D eigenvalue weighted by Gasteiger charge is 2.57. The monoisotopic (exact) mass is 390 g/mol. The van der Waals surface area contributed by atoms with Crippen LogP contribution in [0.1, 0.15) is 41.0 Å². The zero-order chi connectivity index (χ0) is 20.2. The smallest absolute Gasteiger partial charge is 0.256 e. The molecule has 1 amide bonds. The van der Waals surface area contributed by atoms with Crippen molar-refractivity contribution in [2.24, 2.45) is 12.5 Å². The van der Waals surface area contributed by atoms with E-state index in [9.17, 15) is 9.90 Å². The first kappa shape index (κ1) is 18.3. The van der Waals surface area contributed by atoms with Crippen LogP contribution in [0.3, 0.4) is 0 Å². The molecule has 6 heteroatoms. The number of imidazole rings is 1. The summed E-state index contributed by atoms with van der Waals surface area (Å²) < 4.78 is 1.91. The van der Waals surface area contributed by atoms with Crippen molar-refractivity contribution in [2.75, 3.05) is 6.61 Å². The van der Waals surface area contributed by atoms with Crippen LogP contribution in [-0.4, -0.2) is 49.1 Å². The van der Waals surface area contributed by atoms with Gasteiger partial charge in [0.15, 0.2) is 5.65 Å². The summed E-state index contributed by atoms with van der Waals surface area (Å²) >= 11 is 0. The number of rotatable bonds is 4. The number of pyridine rings is 1. The summed E-state index contributed by atoms with van der Waals surface area (Å²) in [4.78, 5) is 24.7. The van der Waals surface area contributed by atoms with Crippen molar-refractivity contribution in [1.29, 1.82) is 0 Å². The van der Waals surface area contributed by atoms with E-state index in [4.69, 9.17) is 0 Å². The number of hydrogen-bond donors (Lipinski definition) is 1. The summed E-state index contributed by atoms with van der Waals surface area (Å²) in [5.74, 6) is 0.859. The molecule has 4 heterocycles. The van der Waals surface area contributed by atoms with Crippen molar-refractivity contribution in [1.82, 2.24) is 19.4 Å². The summed E-state index contributed by atoms with van der Waals surface area (Å²) in [5, 5.41) is 10.4. The van der Waals surface area contributed by atoms with E-state index in [-0.39, 0.29) is 30.0 Å². The molecule has 0 saturated carbocycles. The first-order chi connectivity index (χ1) is 14.0. The molecule has 2 bridgehead atoms. The maximum absolute atomic E-state index is 13.7. The molecule has 3 atom stereocenters. The third-order valence-electron chi connectivity index (χ3n) is 7.01. The number of hydrogen-bond acceptors (Lipinski definition) is 4. The Balaban J connectivity index is 1.51. The Kier molecular flexibility index (Phi) is 4.21. The Morgan fingerprint density at radius 1 is 1.24 bits per heavy atom. The number of carbonyl (C=O) groups excluding carboxylic acids is 1. The molecule has 150 valence electrons. The van der Waals surface area contributed by atoms with Gasteiger partial charge in [-0.2, -0.15) is 0 Å². The van der Waals surface area contributed by atoms with E-state index in [1.54, 1.807) is 12.3 Å². The molecule has 2 aromatic heterocycles. The first-order valence-corrected chi connectivity index (χ1v) is 10.3. The first-order valence-electron chi connectivity index (χ1n) is 10.3. The van der Waals surface area contributed by atoms with Crippen molar-refractivity contribution in [3.63, 3.8) is 0 Å². The summed E-state index contributed by atoms with van der Waals surface area (Å²) in [6.07, 6.45) is 5.29. The number of fused-ring (bicyclic) bond motifs is 3. The number of carbonyl (C=O) groups is 1. The maximum Gasteiger partial charge on any atom is 0.256 e. The van der Waals surface area contributed by atoms with Gasteiger partial charge in [0, 0.05) is 30.7 Å². The Morgan fingerprint density at radius 3 is 2.79 bits per heavy atom. The van der Waals surface area contributed by atoms with Gasteiger partial charge >= 0.3 is 0 Å². The Bertz CT molecular complexity index is 1080. The molecule has 0 spiro atoms. The van der Waals surface area contributed by atoms with Gasteiger partial charge in [-0.15, -0.1) is 0 Å². The Labute approximate surface area is 170 Å². The number of nitrogens with zero attached hydrogens (tertiary/aromatic N) is 4. The Hall–Kier alpha value is -2.73. The van der Waals surface area contributed by atoms with E-state index in [1.807, 2.05) is 41.6 Å². The summed E-state index contributed by atoms with van der Waals surface area (Å²) in [6, 6.07) is 12.3. The molecule has 6 nitrogen and oxygen atoms in total.